The largest absolute Gasteiger partial charge is 0.368 e. The van der Waals surface area contributed by atoms with Crippen LogP contribution in [0.4, 0.5) is 0 Å². The van der Waals surface area contributed by atoms with Crippen molar-refractivity contribution in [2.45, 2.75) is 31.7 Å². The van der Waals surface area contributed by atoms with E-state index in [1.807, 2.05) is 18.2 Å². The lowest BCUT2D eigenvalue weighted by molar-refractivity contribution is -0.124. The number of primary amides is 1. The molecule has 1 unspecified atom stereocenters. The molecule has 1 amide bonds. The Hall–Kier alpha value is -0.870. The molecule has 2 rings (SSSR count). The average Bonchev–Trinajstić information content (AvgIpc) is 2.68. The van der Waals surface area contributed by atoms with Crippen molar-refractivity contribution in [1.82, 2.24) is 5.32 Å². The van der Waals surface area contributed by atoms with Crippen LogP contribution in [0.5, 0.6) is 0 Å². The maximum atomic E-state index is 11.8. The first kappa shape index (κ1) is 12.6. The van der Waals surface area contributed by atoms with Gasteiger partial charge in [-0.1, -0.05) is 35.0 Å². The summed E-state index contributed by atoms with van der Waals surface area (Å²) in [5, 5.41) is 3.33. The summed E-state index contributed by atoms with van der Waals surface area (Å²) in [5.74, 6) is -0.275. The number of nitrogens with one attached hydrogen (secondary N) is 1. The fraction of sp³-hybridized carbons (Fsp3) is 0.462. The minimum atomic E-state index is -0.672. The van der Waals surface area contributed by atoms with E-state index in [0.29, 0.717) is 0 Å². The van der Waals surface area contributed by atoms with Gasteiger partial charge in [0.1, 0.15) is 5.54 Å². The molecule has 1 aromatic rings. The van der Waals surface area contributed by atoms with E-state index in [1.54, 1.807) is 0 Å². The van der Waals surface area contributed by atoms with E-state index in [1.165, 1.54) is 5.56 Å². The second-order valence-electron chi connectivity index (χ2n) is 4.46. The van der Waals surface area contributed by atoms with Gasteiger partial charge in [-0.3, -0.25) is 10.1 Å². The van der Waals surface area contributed by atoms with E-state index in [9.17, 15) is 4.79 Å². The maximum absolute atomic E-state index is 11.8. The van der Waals surface area contributed by atoms with E-state index in [2.05, 4.69) is 28.2 Å². The summed E-state index contributed by atoms with van der Waals surface area (Å²) >= 11 is 3.54. The molecule has 3 N–H and O–H groups in total. The van der Waals surface area contributed by atoms with Crippen LogP contribution in [0.25, 0.3) is 0 Å². The van der Waals surface area contributed by atoms with Gasteiger partial charge in [0.25, 0.3) is 0 Å². The van der Waals surface area contributed by atoms with Crippen molar-refractivity contribution in [2.75, 3.05) is 6.54 Å². The Labute approximate surface area is 110 Å². The first-order chi connectivity index (χ1) is 8.12. The van der Waals surface area contributed by atoms with Crippen LogP contribution in [0.15, 0.2) is 22.7 Å². The lowest BCUT2D eigenvalue weighted by Gasteiger charge is -2.28. The molecular weight excluding hydrogens is 280 g/mol. The predicted molar refractivity (Wildman–Crippen MR) is 71.6 cm³/mol. The molecule has 0 bridgehead atoms. The average molecular weight is 297 g/mol. The van der Waals surface area contributed by atoms with Gasteiger partial charge < -0.3 is 5.73 Å². The third-order valence-corrected chi connectivity index (χ3v) is 4.17. The highest BCUT2D eigenvalue weighted by Gasteiger charge is 2.43. The molecule has 4 heteroatoms. The zero-order valence-electron chi connectivity index (χ0n) is 9.92. The second kappa shape index (κ2) is 4.78. The van der Waals surface area contributed by atoms with Crippen LogP contribution >= 0.6 is 15.9 Å². The third kappa shape index (κ3) is 2.00. The van der Waals surface area contributed by atoms with Gasteiger partial charge in [0, 0.05) is 4.47 Å². The first-order valence-corrected chi connectivity index (χ1v) is 6.74. The molecular formula is C13H17BrN2O. The fourth-order valence-electron chi connectivity index (χ4n) is 2.52. The number of hydrogen-bond acceptors (Lipinski definition) is 2. The molecule has 0 aromatic heterocycles. The predicted octanol–water partition coefficient (Wildman–Crippen LogP) is 2.08. The summed E-state index contributed by atoms with van der Waals surface area (Å²) in [7, 11) is 0. The molecule has 1 aliphatic carbocycles. The van der Waals surface area contributed by atoms with Gasteiger partial charge in [-0.25, -0.2) is 0 Å². The van der Waals surface area contributed by atoms with Crippen LogP contribution in [-0.4, -0.2) is 12.5 Å². The topological polar surface area (TPSA) is 55.1 Å². The molecule has 0 heterocycles. The van der Waals surface area contributed by atoms with Crippen molar-refractivity contribution in [1.29, 1.82) is 0 Å². The molecule has 0 aliphatic heterocycles. The number of nitrogens with two attached hydrogens (primary N) is 1. The number of fused-ring (bicyclic) bond motifs is 1. The molecule has 1 aliphatic rings. The van der Waals surface area contributed by atoms with Gasteiger partial charge in [-0.2, -0.15) is 0 Å². The maximum Gasteiger partial charge on any atom is 0.242 e. The number of hydrogen-bond donors (Lipinski definition) is 2. The Morgan fingerprint density at radius 2 is 2.35 bits per heavy atom. The molecule has 0 radical (unpaired) electrons. The van der Waals surface area contributed by atoms with Crippen molar-refractivity contribution in [3.8, 4) is 0 Å². The zero-order chi connectivity index (χ0) is 12.5. The van der Waals surface area contributed by atoms with Crippen molar-refractivity contribution < 1.29 is 4.79 Å². The van der Waals surface area contributed by atoms with Gasteiger partial charge in [0.2, 0.25) is 5.91 Å². The zero-order valence-corrected chi connectivity index (χ0v) is 11.5. The molecule has 0 saturated carbocycles. The van der Waals surface area contributed by atoms with Crippen molar-refractivity contribution in [3.63, 3.8) is 0 Å². The summed E-state index contributed by atoms with van der Waals surface area (Å²) < 4.78 is 1.07. The SMILES string of the molecule is CCCNC1(C(N)=O)CCc2c(Br)cccc21. The molecule has 0 fully saturated rings. The highest BCUT2D eigenvalue weighted by Crippen LogP contribution is 2.40. The Morgan fingerprint density at radius 3 is 3.00 bits per heavy atom. The number of halogens is 1. The smallest absolute Gasteiger partial charge is 0.242 e. The van der Waals surface area contributed by atoms with Crippen molar-refractivity contribution in [3.05, 3.63) is 33.8 Å². The number of carbonyl (C=O) groups excluding carboxylic acids is 1. The molecule has 17 heavy (non-hydrogen) atoms. The summed E-state index contributed by atoms with van der Waals surface area (Å²) in [6.07, 6.45) is 2.62. The summed E-state index contributed by atoms with van der Waals surface area (Å²) in [6.45, 7) is 2.88. The van der Waals surface area contributed by atoms with E-state index < -0.39 is 5.54 Å². The van der Waals surface area contributed by atoms with Crippen LogP contribution in [0.2, 0.25) is 0 Å². The molecule has 0 saturated heterocycles. The normalized spacial score (nSPS) is 22.5. The Bertz CT molecular complexity index is 447. The van der Waals surface area contributed by atoms with Crippen LogP contribution in [0.1, 0.15) is 30.9 Å². The minimum Gasteiger partial charge on any atom is -0.368 e. The van der Waals surface area contributed by atoms with Crippen LogP contribution in [0.3, 0.4) is 0 Å². The van der Waals surface area contributed by atoms with Gasteiger partial charge >= 0.3 is 0 Å². The fourth-order valence-corrected chi connectivity index (χ4v) is 3.09. The highest BCUT2D eigenvalue weighted by atomic mass is 79.9. The number of rotatable bonds is 4. The van der Waals surface area contributed by atoms with Crippen LogP contribution in [-0.2, 0) is 16.8 Å². The molecule has 3 nitrogen and oxygen atoms in total. The van der Waals surface area contributed by atoms with Gasteiger partial charge in [-0.05, 0) is 43.0 Å². The monoisotopic (exact) mass is 296 g/mol. The van der Waals surface area contributed by atoms with Crippen LogP contribution < -0.4 is 11.1 Å². The van der Waals surface area contributed by atoms with E-state index >= 15 is 0 Å². The van der Waals surface area contributed by atoms with E-state index in [-0.39, 0.29) is 5.91 Å². The number of carbonyl (C=O) groups is 1. The standard InChI is InChI=1S/C13H17BrN2O/c1-2-8-16-13(12(15)17)7-6-9-10(13)4-3-5-11(9)14/h3-5,16H,2,6-8H2,1H3,(H2,15,17). The van der Waals surface area contributed by atoms with Crippen molar-refractivity contribution in [2.24, 2.45) is 5.73 Å². The highest BCUT2D eigenvalue weighted by molar-refractivity contribution is 9.10. The van der Waals surface area contributed by atoms with Crippen molar-refractivity contribution >= 4 is 21.8 Å². The summed E-state index contributed by atoms with van der Waals surface area (Å²) in [5.41, 5.74) is 7.19. The quantitative estimate of drug-likeness (QED) is 0.894. The van der Waals surface area contributed by atoms with Gasteiger partial charge in [-0.15, -0.1) is 0 Å². The van der Waals surface area contributed by atoms with Gasteiger partial charge in [0.05, 0.1) is 0 Å². The molecule has 1 atom stereocenters. The minimum absolute atomic E-state index is 0.275. The molecule has 0 spiro atoms. The van der Waals surface area contributed by atoms with Crippen LogP contribution in [0, 0.1) is 0 Å². The number of benzene rings is 1. The van der Waals surface area contributed by atoms with E-state index in [0.717, 1.165) is 35.8 Å². The number of amides is 1. The Balaban J connectivity index is 2.45. The Morgan fingerprint density at radius 1 is 1.59 bits per heavy atom. The van der Waals surface area contributed by atoms with Gasteiger partial charge in [0.15, 0.2) is 0 Å². The third-order valence-electron chi connectivity index (χ3n) is 3.43. The second-order valence-corrected chi connectivity index (χ2v) is 5.32. The lowest BCUT2D eigenvalue weighted by Crippen LogP contribution is -2.51. The molecule has 1 aromatic carbocycles. The lowest BCUT2D eigenvalue weighted by atomic mass is 9.91. The summed E-state index contributed by atoms with van der Waals surface area (Å²) in [6, 6.07) is 5.97. The first-order valence-electron chi connectivity index (χ1n) is 5.94. The molecule has 92 valence electrons. The Kier molecular flexibility index (Phi) is 3.54. The summed E-state index contributed by atoms with van der Waals surface area (Å²) in [4.78, 5) is 11.8. The van der Waals surface area contributed by atoms with E-state index in [4.69, 9.17) is 5.73 Å².